The van der Waals surface area contributed by atoms with Crippen molar-refractivity contribution in [1.82, 2.24) is 19.4 Å². The molecule has 2 heterocycles. The minimum Gasteiger partial charge on any atom is -0.493 e. The lowest BCUT2D eigenvalue weighted by atomic mass is 10.1. The third kappa shape index (κ3) is 5.21. The third-order valence-electron chi connectivity index (χ3n) is 4.68. The summed E-state index contributed by atoms with van der Waals surface area (Å²) < 4.78 is 21.8. The Morgan fingerprint density at radius 1 is 1.12 bits per heavy atom. The van der Waals surface area contributed by atoms with Crippen LogP contribution in [0.1, 0.15) is 11.3 Å². The average molecular weight is 483 g/mol. The van der Waals surface area contributed by atoms with Crippen LogP contribution >= 0.6 is 23.1 Å². The molecule has 168 valence electrons. The fourth-order valence-corrected chi connectivity index (χ4v) is 3.66. The van der Waals surface area contributed by atoms with E-state index in [0.29, 0.717) is 27.2 Å². The maximum Gasteiger partial charge on any atom is 0.331 e. The number of aromatic nitrogens is 4. The van der Waals surface area contributed by atoms with Gasteiger partial charge in [0, 0.05) is 34.9 Å². The summed E-state index contributed by atoms with van der Waals surface area (Å²) in [5.74, 6) is 0.650. The fraction of sp³-hybridized carbons (Fsp3) is 0.130. The molecule has 0 aliphatic rings. The fourth-order valence-electron chi connectivity index (χ4n) is 3.06. The molecule has 0 fully saturated rings. The number of hydrogen-bond acceptors (Lipinski definition) is 8. The normalized spacial score (nSPS) is 11.0. The second kappa shape index (κ2) is 10.3. The maximum atomic E-state index is 12.3. The van der Waals surface area contributed by atoms with Gasteiger partial charge in [0.25, 0.3) is 0 Å². The van der Waals surface area contributed by atoms with Crippen molar-refractivity contribution < 1.29 is 19.0 Å². The van der Waals surface area contributed by atoms with Crippen LogP contribution < -0.4 is 9.47 Å². The average Bonchev–Trinajstić information content (AvgIpc) is 3.47. The van der Waals surface area contributed by atoms with Crippen LogP contribution in [0.5, 0.6) is 11.5 Å². The van der Waals surface area contributed by atoms with Crippen molar-refractivity contribution in [3.8, 4) is 28.4 Å². The molecule has 0 spiro atoms. The number of carbonyl (C=O) groups excluding carboxylic acids is 1. The molecule has 8 nitrogen and oxygen atoms in total. The quantitative estimate of drug-likeness (QED) is 0.263. The Morgan fingerprint density at radius 3 is 2.61 bits per heavy atom. The molecule has 0 amide bonds. The first-order chi connectivity index (χ1) is 16.1. The molecule has 4 aromatic rings. The number of methoxy groups -OCH3 is 2. The monoisotopic (exact) mass is 482 g/mol. The number of rotatable bonds is 8. The van der Waals surface area contributed by atoms with E-state index in [4.69, 9.17) is 30.9 Å². The van der Waals surface area contributed by atoms with Crippen LogP contribution in [0.15, 0.2) is 60.8 Å². The van der Waals surface area contributed by atoms with Crippen LogP contribution in [0.3, 0.4) is 0 Å². The first-order valence-corrected chi connectivity index (χ1v) is 10.9. The van der Waals surface area contributed by atoms with Gasteiger partial charge in [-0.15, -0.1) is 5.10 Å². The molecule has 0 unspecified atom stereocenters. The molecule has 0 radical (unpaired) electrons. The van der Waals surface area contributed by atoms with Crippen molar-refractivity contribution in [1.29, 1.82) is 0 Å². The van der Waals surface area contributed by atoms with E-state index in [-0.39, 0.29) is 6.61 Å². The number of esters is 1. The topological polar surface area (TPSA) is 88.4 Å². The predicted molar refractivity (Wildman–Crippen MR) is 126 cm³/mol. The standard InChI is InChI=1S/C23H19ClN4O4S/c1-30-19-10-8-15(12-20(19)31-2)22-16(13-28(26-22)17-6-4-3-5-7-17)9-11-21(29)32-14-18-23(24)33-27-25-18/h3-13H,14H2,1-2H3/b11-9+. The number of hydrogen-bond donors (Lipinski definition) is 0. The molecule has 2 aromatic heterocycles. The highest BCUT2D eigenvalue weighted by atomic mass is 35.5. The minimum atomic E-state index is -0.537. The van der Waals surface area contributed by atoms with Crippen molar-refractivity contribution in [2.24, 2.45) is 0 Å². The Hall–Kier alpha value is -3.69. The Labute approximate surface area is 199 Å². The smallest absolute Gasteiger partial charge is 0.331 e. The highest BCUT2D eigenvalue weighted by Gasteiger charge is 2.14. The van der Waals surface area contributed by atoms with Crippen LogP contribution in [0.2, 0.25) is 4.34 Å². The van der Waals surface area contributed by atoms with Gasteiger partial charge < -0.3 is 14.2 Å². The third-order valence-corrected chi connectivity index (χ3v) is 5.66. The summed E-state index contributed by atoms with van der Waals surface area (Å²) in [6, 6.07) is 15.2. The lowest BCUT2D eigenvalue weighted by Gasteiger charge is -2.09. The van der Waals surface area contributed by atoms with E-state index in [1.807, 2.05) is 54.7 Å². The highest BCUT2D eigenvalue weighted by Crippen LogP contribution is 2.33. The Balaban J connectivity index is 1.64. The Bertz CT molecular complexity index is 1290. The molecular weight excluding hydrogens is 464 g/mol. The molecular formula is C23H19ClN4O4S. The summed E-state index contributed by atoms with van der Waals surface area (Å²) in [4.78, 5) is 12.3. The van der Waals surface area contributed by atoms with Gasteiger partial charge in [0.05, 0.1) is 19.9 Å². The molecule has 0 atom stereocenters. The largest absolute Gasteiger partial charge is 0.493 e. The van der Waals surface area contributed by atoms with Gasteiger partial charge in [-0.2, -0.15) is 5.10 Å². The first kappa shape index (κ1) is 22.5. The van der Waals surface area contributed by atoms with E-state index in [1.165, 1.54) is 6.08 Å². The second-order valence-corrected chi connectivity index (χ2v) is 8.07. The summed E-state index contributed by atoms with van der Waals surface area (Å²) >= 11 is 6.98. The van der Waals surface area contributed by atoms with E-state index in [0.717, 1.165) is 28.3 Å². The van der Waals surface area contributed by atoms with Gasteiger partial charge in [-0.05, 0) is 36.4 Å². The maximum absolute atomic E-state index is 12.3. The van der Waals surface area contributed by atoms with Crippen LogP contribution in [-0.2, 0) is 16.1 Å². The number of ether oxygens (including phenoxy) is 3. The number of para-hydroxylation sites is 1. The molecule has 0 saturated carbocycles. The summed E-state index contributed by atoms with van der Waals surface area (Å²) in [6.07, 6.45) is 4.83. The zero-order chi connectivity index (χ0) is 23.2. The van der Waals surface area contributed by atoms with E-state index in [2.05, 4.69) is 9.59 Å². The molecule has 0 aliphatic heterocycles. The molecule has 0 saturated heterocycles. The molecule has 4 rings (SSSR count). The van der Waals surface area contributed by atoms with Crippen molar-refractivity contribution in [3.05, 3.63) is 76.4 Å². The van der Waals surface area contributed by atoms with E-state index in [1.54, 1.807) is 25.0 Å². The number of benzene rings is 2. The van der Waals surface area contributed by atoms with Crippen molar-refractivity contribution in [2.45, 2.75) is 6.61 Å². The van der Waals surface area contributed by atoms with Gasteiger partial charge in [0.2, 0.25) is 0 Å². The molecule has 0 aliphatic carbocycles. The van der Waals surface area contributed by atoms with Crippen LogP contribution in [0, 0.1) is 0 Å². The summed E-state index contributed by atoms with van der Waals surface area (Å²) in [7, 11) is 3.15. The van der Waals surface area contributed by atoms with Crippen molar-refractivity contribution in [2.75, 3.05) is 14.2 Å². The Kier molecular flexibility index (Phi) is 7.01. The number of halogens is 1. The van der Waals surface area contributed by atoms with Crippen LogP contribution in [0.4, 0.5) is 0 Å². The number of nitrogens with zero attached hydrogens (tertiary/aromatic N) is 4. The Morgan fingerprint density at radius 2 is 1.91 bits per heavy atom. The molecule has 10 heteroatoms. The number of carbonyl (C=O) groups is 1. The summed E-state index contributed by atoms with van der Waals surface area (Å²) in [5.41, 5.74) is 3.49. The zero-order valence-corrected chi connectivity index (χ0v) is 19.3. The van der Waals surface area contributed by atoms with Gasteiger partial charge in [-0.1, -0.05) is 34.3 Å². The van der Waals surface area contributed by atoms with Crippen molar-refractivity contribution in [3.63, 3.8) is 0 Å². The molecule has 2 aromatic carbocycles. The predicted octanol–water partition coefficient (Wildman–Crippen LogP) is 4.82. The molecule has 0 bridgehead atoms. The second-order valence-electron chi connectivity index (χ2n) is 6.72. The summed E-state index contributed by atoms with van der Waals surface area (Å²) in [6.45, 7) is -0.0513. The summed E-state index contributed by atoms with van der Waals surface area (Å²) in [5, 5.41) is 8.57. The lowest BCUT2D eigenvalue weighted by molar-refractivity contribution is -0.139. The van der Waals surface area contributed by atoms with Crippen LogP contribution in [0.25, 0.3) is 23.0 Å². The minimum absolute atomic E-state index is 0.0513. The van der Waals surface area contributed by atoms with Crippen LogP contribution in [-0.4, -0.2) is 39.6 Å². The molecule has 0 N–H and O–H groups in total. The van der Waals surface area contributed by atoms with Crippen molar-refractivity contribution >= 4 is 35.2 Å². The van der Waals surface area contributed by atoms with Gasteiger partial charge in [0.1, 0.15) is 22.3 Å². The zero-order valence-electron chi connectivity index (χ0n) is 17.8. The van der Waals surface area contributed by atoms with Gasteiger partial charge in [-0.25, -0.2) is 9.48 Å². The van der Waals surface area contributed by atoms with E-state index in [9.17, 15) is 4.79 Å². The first-order valence-electron chi connectivity index (χ1n) is 9.78. The van der Waals surface area contributed by atoms with Gasteiger partial charge in [0.15, 0.2) is 11.5 Å². The van der Waals surface area contributed by atoms with E-state index >= 15 is 0 Å². The lowest BCUT2D eigenvalue weighted by Crippen LogP contribution is -2.01. The molecule has 33 heavy (non-hydrogen) atoms. The van der Waals surface area contributed by atoms with Gasteiger partial charge >= 0.3 is 5.97 Å². The van der Waals surface area contributed by atoms with Gasteiger partial charge in [-0.3, -0.25) is 0 Å². The van der Waals surface area contributed by atoms with E-state index < -0.39 is 5.97 Å². The highest BCUT2D eigenvalue weighted by molar-refractivity contribution is 7.10. The SMILES string of the molecule is COc1ccc(-c2nn(-c3ccccc3)cc2/C=C/C(=O)OCc2nnsc2Cl)cc1OC.